The number of hydrogen-bond donors (Lipinski definition) is 1. The zero-order chi connectivity index (χ0) is 11.8. The molecule has 1 aromatic carbocycles. The summed E-state index contributed by atoms with van der Waals surface area (Å²) in [6.07, 6.45) is 0. The lowest BCUT2D eigenvalue weighted by molar-refractivity contribution is 0.00841. The van der Waals surface area contributed by atoms with Crippen molar-refractivity contribution in [3.05, 3.63) is 34.4 Å². The van der Waals surface area contributed by atoms with Gasteiger partial charge in [0.2, 0.25) is 0 Å². The van der Waals surface area contributed by atoms with Gasteiger partial charge in [0.1, 0.15) is 0 Å². The van der Waals surface area contributed by atoms with E-state index in [4.69, 9.17) is 0 Å². The Morgan fingerprint density at radius 3 is 1.93 bits per heavy atom. The van der Waals surface area contributed by atoms with Crippen LogP contribution in [-0.4, -0.2) is 5.11 Å². The molecule has 0 saturated heterocycles. The monoisotopic (exact) mass is 206 g/mol. The van der Waals surface area contributed by atoms with Gasteiger partial charge < -0.3 is 5.11 Å². The third-order valence-electron chi connectivity index (χ3n) is 3.51. The minimum atomic E-state index is -0.734. The van der Waals surface area contributed by atoms with Gasteiger partial charge in [0.05, 0.1) is 5.60 Å². The van der Waals surface area contributed by atoms with Gasteiger partial charge in [0.15, 0.2) is 0 Å². The van der Waals surface area contributed by atoms with Gasteiger partial charge in [-0.2, -0.15) is 0 Å². The van der Waals surface area contributed by atoms with Crippen molar-refractivity contribution < 1.29 is 5.11 Å². The molecule has 0 spiro atoms. The first-order chi connectivity index (χ1) is 6.76. The first-order valence-electron chi connectivity index (χ1n) is 5.57. The van der Waals surface area contributed by atoms with Crippen LogP contribution in [-0.2, 0) is 5.60 Å². The van der Waals surface area contributed by atoms with Crippen LogP contribution < -0.4 is 0 Å². The largest absolute Gasteiger partial charge is 0.385 e. The fourth-order valence-electron chi connectivity index (χ4n) is 1.82. The predicted molar refractivity (Wildman–Crippen MR) is 65.1 cm³/mol. The smallest absolute Gasteiger partial charge is 0.0893 e. The minimum Gasteiger partial charge on any atom is -0.385 e. The molecule has 0 saturated carbocycles. The van der Waals surface area contributed by atoms with E-state index in [0.29, 0.717) is 0 Å². The molecule has 0 aromatic heterocycles. The zero-order valence-corrected chi connectivity index (χ0v) is 10.7. The Hall–Kier alpha value is -0.820. The van der Waals surface area contributed by atoms with Crippen LogP contribution in [0, 0.1) is 26.7 Å². The molecular formula is C14H22O. The first kappa shape index (κ1) is 12.3. The Bertz CT molecular complexity index is 362. The van der Waals surface area contributed by atoms with Crippen LogP contribution in [0.5, 0.6) is 0 Å². The Kier molecular flexibility index (Phi) is 3.25. The third kappa shape index (κ3) is 2.23. The second-order valence-corrected chi connectivity index (χ2v) is 5.05. The predicted octanol–water partition coefficient (Wildman–Crippen LogP) is 3.48. The molecule has 0 aliphatic rings. The SMILES string of the molecule is Cc1cc(C)c([C@@](C)(O)C(C)C)cc1C. The summed E-state index contributed by atoms with van der Waals surface area (Å²) in [6.45, 7) is 12.3. The normalized spacial score (nSPS) is 15.5. The molecule has 84 valence electrons. The lowest BCUT2D eigenvalue weighted by Crippen LogP contribution is -2.29. The second-order valence-electron chi connectivity index (χ2n) is 5.05. The van der Waals surface area contributed by atoms with Gasteiger partial charge in [0.25, 0.3) is 0 Å². The summed E-state index contributed by atoms with van der Waals surface area (Å²) >= 11 is 0. The fourth-order valence-corrected chi connectivity index (χ4v) is 1.82. The quantitative estimate of drug-likeness (QED) is 0.785. The fraction of sp³-hybridized carbons (Fsp3) is 0.571. The number of hydrogen-bond acceptors (Lipinski definition) is 1. The maximum Gasteiger partial charge on any atom is 0.0893 e. The van der Waals surface area contributed by atoms with Crippen LogP contribution in [0.4, 0.5) is 0 Å². The van der Waals surface area contributed by atoms with E-state index in [1.807, 2.05) is 6.92 Å². The maximum atomic E-state index is 10.5. The van der Waals surface area contributed by atoms with Gasteiger partial charge in [-0.15, -0.1) is 0 Å². The van der Waals surface area contributed by atoms with E-state index in [1.165, 1.54) is 16.7 Å². The zero-order valence-electron chi connectivity index (χ0n) is 10.7. The topological polar surface area (TPSA) is 20.2 Å². The van der Waals surface area contributed by atoms with E-state index in [2.05, 4.69) is 46.8 Å². The van der Waals surface area contributed by atoms with E-state index in [-0.39, 0.29) is 5.92 Å². The number of aliphatic hydroxyl groups is 1. The summed E-state index contributed by atoms with van der Waals surface area (Å²) in [5, 5.41) is 10.5. The molecule has 0 radical (unpaired) electrons. The standard InChI is InChI=1S/C14H22O/c1-9(2)14(6,15)13-8-11(4)10(3)7-12(13)5/h7-9,15H,1-6H3/t14-/m0/s1. The molecule has 1 N–H and O–H groups in total. The summed E-state index contributed by atoms with van der Waals surface area (Å²) in [6, 6.07) is 4.27. The summed E-state index contributed by atoms with van der Waals surface area (Å²) in [5.41, 5.74) is 4.03. The molecule has 1 rings (SSSR count). The van der Waals surface area contributed by atoms with Crippen molar-refractivity contribution in [3.8, 4) is 0 Å². The number of rotatable bonds is 2. The molecule has 15 heavy (non-hydrogen) atoms. The average Bonchev–Trinajstić information content (AvgIpc) is 2.10. The molecule has 0 fully saturated rings. The highest BCUT2D eigenvalue weighted by Crippen LogP contribution is 2.32. The Labute approximate surface area is 93.1 Å². The maximum absolute atomic E-state index is 10.5. The summed E-state index contributed by atoms with van der Waals surface area (Å²) in [4.78, 5) is 0. The van der Waals surface area contributed by atoms with Gasteiger partial charge in [0, 0.05) is 0 Å². The van der Waals surface area contributed by atoms with Crippen LogP contribution in [0.25, 0.3) is 0 Å². The lowest BCUT2D eigenvalue weighted by atomic mass is 9.81. The molecule has 0 unspecified atom stereocenters. The number of aryl methyl sites for hydroxylation is 3. The highest BCUT2D eigenvalue weighted by atomic mass is 16.3. The van der Waals surface area contributed by atoms with Crippen LogP contribution in [0.1, 0.15) is 43.0 Å². The Morgan fingerprint density at radius 2 is 1.47 bits per heavy atom. The molecule has 1 heteroatoms. The van der Waals surface area contributed by atoms with E-state index in [9.17, 15) is 5.11 Å². The lowest BCUT2D eigenvalue weighted by Gasteiger charge is -2.30. The van der Waals surface area contributed by atoms with Crippen molar-refractivity contribution in [3.63, 3.8) is 0 Å². The molecule has 0 aliphatic heterocycles. The molecule has 1 nitrogen and oxygen atoms in total. The van der Waals surface area contributed by atoms with Gasteiger partial charge in [-0.3, -0.25) is 0 Å². The van der Waals surface area contributed by atoms with Gasteiger partial charge in [-0.05, 0) is 55.9 Å². The molecule has 0 aliphatic carbocycles. The summed E-state index contributed by atoms with van der Waals surface area (Å²) in [5.74, 6) is 0.221. The van der Waals surface area contributed by atoms with Crippen molar-refractivity contribution in [2.24, 2.45) is 5.92 Å². The third-order valence-corrected chi connectivity index (χ3v) is 3.51. The van der Waals surface area contributed by atoms with Crippen molar-refractivity contribution >= 4 is 0 Å². The highest BCUT2D eigenvalue weighted by Gasteiger charge is 2.28. The van der Waals surface area contributed by atoms with Crippen LogP contribution in [0.3, 0.4) is 0 Å². The average molecular weight is 206 g/mol. The Balaban J connectivity index is 3.32. The molecular weight excluding hydrogens is 184 g/mol. The highest BCUT2D eigenvalue weighted by molar-refractivity contribution is 5.39. The van der Waals surface area contributed by atoms with Gasteiger partial charge in [-0.1, -0.05) is 26.0 Å². The van der Waals surface area contributed by atoms with Gasteiger partial charge >= 0.3 is 0 Å². The van der Waals surface area contributed by atoms with E-state index >= 15 is 0 Å². The Morgan fingerprint density at radius 1 is 1.00 bits per heavy atom. The molecule has 1 atom stereocenters. The molecule has 0 bridgehead atoms. The van der Waals surface area contributed by atoms with E-state index < -0.39 is 5.60 Å². The van der Waals surface area contributed by atoms with Crippen LogP contribution in [0.2, 0.25) is 0 Å². The summed E-state index contributed by atoms with van der Waals surface area (Å²) in [7, 11) is 0. The van der Waals surface area contributed by atoms with Crippen molar-refractivity contribution in [1.82, 2.24) is 0 Å². The van der Waals surface area contributed by atoms with Gasteiger partial charge in [-0.25, -0.2) is 0 Å². The minimum absolute atomic E-state index is 0.221. The molecule has 0 heterocycles. The first-order valence-corrected chi connectivity index (χ1v) is 5.57. The van der Waals surface area contributed by atoms with Crippen LogP contribution in [0.15, 0.2) is 12.1 Å². The van der Waals surface area contributed by atoms with E-state index in [1.54, 1.807) is 0 Å². The van der Waals surface area contributed by atoms with Crippen molar-refractivity contribution in [2.75, 3.05) is 0 Å². The van der Waals surface area contributed by atoms with Crippen LogP contribution >= 0.6 is 0 Å². The van der Waals surface area contributed by atoms with Crippen molar-refractivity contribution in [1.29, 1.82) is 0 Å². The van der Waals surface area contributed by atoms with E-state index in [0.717, 1.165) is 5.56 Å². The van der Waals surface area contributed by atoms with Crippen molar-refractivity contribution in [2.45, 2.75) is 47.1 Å². The summed E-state index contributed by atoms with van der Waals surface area (Å²) < 4.78 is 0. The molecule has 1 aromatic rings. The number of benzene rings is 1. The molecule has 0 amide bonds. The second kappa shape index (κ2) is 3.97.